The highest BCUT2D eigenvalue weighted by molar-refractivity contribution is 8.00. The summed E-state index contributed by atoms with van der Waals surface area (Å²) in [6.07, 6.45) is 5.24. The van der Waals surface area contributed by atoms with Crippen molar-refractivity contribution in [3.63, 3.8) is 0 Å². The van der Waals surface area contributed by atoms with Gasteiger partial charge in [-0.15, -0.1) is 11.8 Å². The van der Waals surface area contributed by atoms with E-state index in [1.807, 2.05) is 50.7 Å². The zero-order chi connectivity index (χ0) is 15.3. The molecule has 1 aromatic carbocycles. The fourth-order valence-electron chi connectivity index (χ4n) is 2.66. The summed E-state index contributed by atoms with van der Waals surface area (Å²) in [7, 11) is 0. The van der Waals surface area contributed by atoms with E-state index < -0.39 is 5.54 Å². The molecule has 1 fully saturated rings. The van der Waals surface area contributed by atoms with Crippen molar-refractivity contribution < 1.29 is 4.79 Å². The minimum absolute atomic E-state index is 0.0174. The molecule has 2 rings (SSSR count). The second-order valence-corrected chi connectivity index (χ2v) is 7.47. The van der Waals surface area contributed by atoms with E-state index in [2.05, 4.69) is 16.7 Å². The number of rotatable bonds is 6. The molecule has 1 aliphatic carbocycles. The highest BCUT2D eigenvalue weighted by Crippen LogP contribution is 2.38. The molecule has 3 nitrogen and oxygen atoms in total. The van der Waals surface area contributed by atoms with Crippen LogP contribution in [0.15, 0.2) is 29.2 Å². The van der Waals surface area contributed by atoms with Crippen LogP contribution in [0.1, 0.15) is 46.5 Å². The summed E-state index contributed by atoms with van der Waals surface area (Å²) in [5.74, 6) is 0.0174. The molecule has 116 valence electrons. The second kappa shape index (κ2) is 7.32. The van der Waals surface area contributed by atoms with Crippen molar-refractivity contribution in [2.45, 2.75) is 62.1 Å². The first-order valence-electron chi connectivity index (χ1n) is 7.85. The standard InChI is InChI=1S/C17H26N2OS/c1-4-18-17(2,3)16(20)19-14-11-7-8-12-15(14)21-13-9-5-6-10-13/h7-8,11-13,18H,4-6,9-10H2,1-3H3,(H,19,20). The number of thioether (sulfide) groups is 1. The first-order valence-corrected chi connectivity index (χ1v) is 8.73. The van der Waals surface area contributed by atoms with Crippen LogP contribution in [0, 0.1) is 0 Å². The summed E-state index contributed by atoms with van der Waals surface area (Å²) in [6, 6.07) is 8.13. The Hall–Kier alpha value is -1.00. The predicted molar refractivity (Wildman–Crippen MR) is 90.9 cm³/mol. The molecule has 1 amide bonds. The van der Waals surface area contributed by atoms with Gasteiger partial charge in [0, 0.05) is 10.1 Å². The van der Waals surface area contributed by atoms with Gasteiger partial charge in [0.2, 0.25) is 5.91 Å². The fraction of sp³-hybridized carbons (Fsp3) is 0.588. The van der Waals surface area contributed by atoms with Crippen LogP contribution in [0.2, 0.25) is 0 Å². The quantitative estimate of drug-likeness (QED) is 0.833. The van der Waals surface area contributed by atoms with E-state index in [1.54, 1.807) is 0 Å². The van der Waals surface area contributed by atoms with Crippen molar-refractivity contribution in [2.24, 2.45) is 0 Å². The molecule has 0 radical (unpaired) electrons. The summed E-state index contributed by atoms with van der Waals surface area (Å²) in [6.45, 7) is 6.62. The van der Waals surface area contributed by atoms with E-state index in [1.165, 1.54) is 30.6 Å². The molecule has 2 N–H and O–H groups in total. The molecule has 21 heavy (non-hydrogen) atoms. The highest BCUT2D eigenvalue weighted by atomic mass is 32.2. The number of nitrogens with one attached hydrogen (secondary N) is 2. The van der Waals surface area contributed by atoms with E-state index in [0.29, 0.717) is 5.25 Å². The SMILES string of the molecule is CCNC(C)(C)C(=O)Nc1ccccc1SC1CCCC1. The first kappa shape index (κ1) is 16.4. The number of amides is 1. The topological polar surface area (TPSA) is 41.1 Å². The molecule has 0 spiro atoms. The number of likely N-dealkylation sites (N-methyl/N-ethyl adjacent to an activating group) is 1. The maximum absolute atomic E-state index is 12.4. The molecule has 0 atom stereocenters. The van der Waals surface area contributed by atoms with Gasteiger partial charge < -0.3 is 10.6 Å². The minimum Gasteiger partial charge on any atom is -0.323 e. The van der Waals surface area contributed by atoms with Crippen LogP contribution >= 0.6 is 11.8 Å². The van der Waals surface area contributed by atoms with E-state index in [-0.39, 0.29) is 5.91 Å². The molecule has 0 heterocycles. The average Bonchev–Trinajstić information content (AvgIpc) is 2.94. The van der Waals surface area contributed by atoms with Crippen molar-refractivity contribution in [1.82, 2.24) is 5.32 Å². The Morgan fingerprint density at radius 3 is 2.62 bits per heavy atom. The number of carbonyl (C=O) groups excluding carboxylic acids is 1. The van der Waals surface area contributed by atoms with Gasteiger partial charge in [-0.2, -0.15) is 0 Å². The van der Waals surface area contributed by atoms with Gasteiger partial charge in [0.05, 0.1) is 11.2 Å². The average molecular weight is 306 g/mol. The van der Waals surface area contributed by atoms with Gasteiger partial charge in [-0.25, -0.2) is 0 Å². The maximum atomic E-state index is 12.4. The van der Waals surface area contributed by atoms with Gasteiger partial charge in [0.15, 0.2) is 0 Å². The summed E-state index contributed by atoms with van der Waals surface area (Å²) in [5, 5.41) is 7.00. The van der Waals surface area contributed by atoms with Crippen molar-refractivity contribution in [2.75, 3.05) is 11.9 Å². The Kier molecular flexibility index (Phi) is 5.71. The molecule has 0 saturated heterocycles. The van der Waals surface area contributed by atoms with E-state index in [4.69, 9.17) is 0 Å². The first-order chi connectivity index (χ1) is 10.0. The lowest BCUT2D eigenvalue weighted by atomic mass is 10.0. The van der Waals surface area contributed by atoms with Crippen molar-refractivity contribution in [1.29, 1.82) is 0 Å². The zero-order valence-electron chi connectivity index (χ0n) is 13.2. The predicted octanol–water partition coefficient (Wildman–Crippen LogP) is 4.05. The van der Waals surface area contributed by atoms with Gasteiger partial charge in [-0.05, 0) is 45.4 Å². The molecule has 1 aromatic rings. The number of carbonyl (C=O) groups is 1. The Balaban J connectivity index is 2.07. The van der Waals surface area contributed by atoms with Crippen molar-refractivity contribution >= 4 is 23.4 Å². The summed E-state index contributed by atoms with van der Waals surface area (Å²) < 4.78 is 0. The Labute approximate surface area is 132 Å². The molecule has 4 heteroatoms. The van der Waals surface area contributed by atoms with Gasteiger partial charge in [-0.1, -0.05) is 31.9 Å². The third kappa shape index (κ3) is 4.48. The Morgan fingerprint density at radius 2 is 1.95 bits per heavy atom. The smallest absolute Gasteiger partial charge is 0.244 e. The van der Waals surface area contributed by atoms with E-state index in [9.17, 15) is 4.79 Å². The number of anilines is 1. The molecule has 1 saturated carbocycles. The van der Waals surface area contributed by atoms with Gasteiger partial charge in [0.1, 0.15) is 0 Å². The van der Waals surface area contributed by atoms with Crippen molar-refractivity contribution in [3.8, 4) is 0 Å². The molecular weight excluding hydrogens is 280 g/mol. The monoisotopic (exact) mass is 306 g/mol. The van der Waals surface area contributed by atoms with Gasteiger partial charge in [-0.3, -0.25) is 4.79 Å². The lowest BCUT2D eigenvalue weighted by molar-refractivity contribution is -0.121. The lowest BCUT2D eigenvalue weighted by Crippen LogP contribution is -2.49. The van der Waals surface area contributed by atoms with Gasteiger partial charge >= 0.3 is 0 Å². The largest absolute Gasteiger partial charge is 0.323 e. The normalized spacial score (nSPS) is 16.1. The molecule has 1 aliphatic rings. The number of para-hydroxylation sites is 1. The Morgan fingerprint density at radius 1 is 1.29 bits per heavy atom. The summed E-state index contributed by atoms with van der Waals surface area (Å²) in [5.41, 5.74) is 0.380. The van der Waals surface area contributed by atoms with Crippen LogP contribution in [-0.2, 0) is 4.79 Å². The van der Waals surface area contributed by atoms with Crippen LogP contribution in [0.4, 0.5) is 5.69 Å². The molecule has 0 bridgehead atoms. The van der Waals surface area contributed by atoms with Crippen LogP contribution in [0.5, 0.6) is 0 Å². The van der Waals surface area contributed by atoms with E-state index in [0.717, 1.165) is 12.2 Å². The zero-order valence-corrected chi connectivity index (χ0v) is 14.1. The second-order valence-electron chi connectivity index (χ2n) is 6.13. The highest BCUT2D eigenvalue weighted by Gasteiger charge is 2.27. The minimum atomic E-state index is -0.556. The molecule has 0 unspecified atom stereocenters. The molecule has 0 aliphatic heterocycles. The third-order valence-electron chi connectivity index (χ3n) is 3.92. The van der Waals surface area contributed by atoms with Crippen LogP contribution in [0.25, 0.3) is 0 Å². The lowest BCUT2D eigenvalue weighted by Gasteiger charge is -2.25. The van der Waals surface area contributed by atoms with Crippen LogP contribution < -0.4 is 10.6 Å². The fourth-order valence-corrected chi connectivity index (χ4v) is 3.99. The third-order valence-corrected chi connectivity index (χ3v) is 5.33. The summed E-state index contributed by atoms with van der Waals surface area (Å²) in [4.78, 5) is 13.6. The molecule has 0 aromatic heterocycles. The summed E-state index contributed by atoms with van der Waals surface area (Å²) >= 11 is 1.91. The van der Waals surface area contributed by atoms with E-state index >= 15 is 0 Å². The number of benzene rings is 1. The molecular formula is C17H26N2OS. The Bertz CT molecular complexity index is 481. The van der Waals surface area contributed by atoms with Gasteiger partial charge in [0.25, 0.3) is 0 Å². The van der Waals surface area contributed by atoms with Crippen molar-refractivity contribution in [3.05, 3.63) is 24.3 Å². The number of hydrogen-bond donors (Lipinski definition) is 2. The maximum Gasteiger partial charge on any atom is 0.244 e. The van der Waals surface area contributed by atoms with Crippen LogP contribution in [-0.4, -0.2) is 23.2 Å². The van der Waals surface area contributed by atoms with Crippen LogP contribution in [0.3, 0.4) is 0 Å². The number of hydrogen-bond acceptors (Lipinski definition) is 3.